The lowest BCUT2D eigenvalue weighted by atomic mass is 9.78. The summed E-state index contributed by atoms with van der Waals surface area (Å²) in [6.07, 6.45) is -4.04. The quantitative estimate of drug-likeness (QED) is 0.744. The molecule has 2 aliphatic heterocycles. The number of amides is 1. The molecule has 0 radical (unpaired) electrons. The maximum Gasteiger partial charge on any atom is 0.416 e. The maximum absolute atomic E-state index is 13.0. The highest BCUT2D eigenvalue weighted by atomic mass is 19.4. The summed E-state index contributed by atoms with van der Waals surface area (Å²) in [6.45, 7) is 0.817. The Morgan fingerprint density at radius 2 is 2.06 bits per heavy atom. The van der Waals surface area contributed by atoms with Crippen LogP contribution in [0.3, 0.4) is 0 Å². The summed E-state index contributed by atoms with van der Waals surface area (Å²) in [5, 5.41) is 5.54. The van der Waals surface area contributed by atoms with E-state index in [1.54, 1.807) is 0 Å². The van der Waals surface area contributed by atoms with Crippen LogP contribution >= 0.6 is 0 Å². The molecular weight excluding hydrogens is 245 g/mol. The number of anilines is 1. The van der Waals surface area contributed by atoms with Crippen molar-refractivity contribution in [2.75, 3.05) is 18.4 Å². The number of hydrogen-bond acceptors (Lipinski definition) is 2. The Balaban J connectivity index is 2.25. The Labute approximate surface area is 101 Å². The van der Waals surface area contributed by atoms with Crippen molar-refractivity contribution in [2.45, 2.75) is 18.0 Å². The van der Waals surface area contributed by atoms with Gasteiger partial charge in [-0.15, -0.1) is 0 Å². The summed E-state index contributed by atoms with van der Waals surface area (Å²) in [4.78, 5) is 12.0. The molecule has 1 aromatic carbocycles. The van der Waals surface area contributed by atoms with Gasteiger partial charge in [0.25, 0.3) is 0 Å². The molecule has 1 fully saturated rings. The fourth-order valence-corrected chi connectivity index (χ4v) is 2.86. The highest BCUT2D eigenvalue weighted by molar-refractivity contribution is 6.07. The van der Waals surface area contributed by atoms with Crippen LogP contribution in [0.4, 0.5) is 18.9 Å². The minimum absolute atomic E-state index is 0.104. The van der Waals surface area contributed by atoms with Gasteiger partial charge in [0.15, 0.2) is 0 Å². The molecule has 18 heavy (non-hydrogen) atoms. The van der Waals surface area contributed by atoms with E-state index in [0.717, 1.165) is 6.07 Å². The molecule has 0 bridgehead atoms. The third kappa shape index (κ3) is 1.38. The SMILES string of the molecule is O=C1Nc2cccc(C(F)(F)F)c2[C@@]12CCNC2. The van der Waals surface area contributed by atoms with Crippen LogP contribution in [-0.4, -0.2) is 19.0 Å². The number of carbonyl (C=O) groups excluding carboxylic acids is 1. The van der Waals surface area contributed by atoms with Crippen LogP contribution in [0, 0.1) is 0 Å². The van der Waals surface area contributed by atoms with E-state index in [4.69, 9.17) is 0 Å². The molecule has 3 nitrogen and oxygen atoms in total. The summed E-state index contributed by atoms with van der Waals surface area (Å²) in [6, 6.07) is 3.89. The first kappa shape index (κ1) is 11.5. The molecule has 2 aliphatic rings. The Morgan fingerprint density at radius 3 is 2.67 bits per heavy atom. The van der Waals surface area contributed by atoms with Crippen molar-refractivity contribution in [2.24, 2.45) is 0 Å². The van der Waals surface area contributed by atoms with Gasteiger partial charge in [-0.05, 0) is 25.1 Å². The summed E-state index contributed by atoms with van der Waals surface area (Å²) in [5.74, 6) is -0.334. The van der Waals surface area contributed by atoms with Gasteiger partial charge in [0.1, 0.15) is 0 Å². The summed E-state index contributed by atoms with van der Waals surface area (Å²) >= 11 is 0. The lowest BCUT2D eigenvalue weighted by molar-refractivity contribution is -0.138. The second-order valence-electron chi connectivity index (χ2n) is 4.69. The lowest BCUT2D eigenvalue weighted by Crippen LogP contribution is -2.37. The Kier molecular flexibility index (Phi) is 2.22. The second kappa shape index (κ2) is 3.47. The number of alkyl halides is 3. The predicted octanol–water partition coefficient (Wildman–Crippen LogP) is 1.89. The van der Waals surface area contributed by atoms with Crippen molar-refractivity contribution in [1.82, 2.24) is 5.32 Å². The zero-order chi connectivity index (χ0) is 13.0. The van der Waals surface area contributed by atoms with Crippen molar-refractivity contribution in [3.05, 3.63) is 29.3 Å². The van der Waals surface area contributed by atoms with Crippen LogP contribution in [0.15, 0.2) is 18.2 Å². The van der Waals surface area contributed by atoms with Crippen molar-refractivity contribution in [3.8, 4) is 0 Å². The molecule has 2 N–H and O–H groups in total. The molecule has 6 heteroatoms. The van der Waals surface area contributed by atoms with Gasteiger partial charge in [-0.1, -0.05) is 6.07 Å². The van der Waals surface area contributed by atoms with Gasteiger partial charge in [0, 0.05) is 17.8 Å². The fourth-order valence-electron chi connectivity index (χ4n) is 2.86. The molecule has 1 atom stereocenters. The normalized spacial score (nSPS) is 26.5. The van der Waals surface area contributed by atoms with Gasteiger partial charge < -0.3 is 10.6 Å². The van der Waals surface area contributed by atoms with Crippen molar-refractivity contribution in [1.29, 1.82) is 0 Å². The minimum Gasteiger partial charge on any atom is -0.325 e. The van der Waals surface area contributed by atoms with E-state index in [1.807, 2.05) is 0 Å². The van der Waals surface area contributed by atoms with Crippen LogP contribution in [0.1, 0.15) is 17.5 Å². The molecule has 0 aliphatic carbocycles. The zero-order valence-electron chi connectivity index (χ0n) is 9.40. The smallest absolute Gasteiger partial charge is 0.325 e. The maximum atomic E-state index is 13.0. The van der Waals surface area contributed by atoms with Gasteiger partial charge in [0.05, 0.1) is 11.0 Å². The molecule has 0 unspecified atom stereocenters. The molecule has 0 saturated carbocycles. The van der Waals surface area contributed by atoms with Crippen LogP contribution in [0.25, 0.3) is 0 Å². The largest absolute Gasteiger partial charge is 0.416 e. The first-order valence-electron chi connectivity index (χ1n) is 5.68. The number of nitrogens with one attached hydrogen (secondary N) is 2. The van der Waals surface area contributed by atoms with Gasteiger partial charge in [-0.25, -0.2) is 0 Å². The van der Waals surface area contributed by atoms with Crippen molar-refractivity contribution >= 4 is 11.6 Å². The van der Waals surface area contributed by atoms with E-state index in [0.29, 0.717) is 18.7 Å². The van der Waals surface area contributed by atoms with Gasteiger partial charge in [-0.3, -0.25) is 4.79 Å². The average Bonchev–Trinajstić information content (AvgIpc) is 2.86. The summed E-state index contributed by atoms with van der Waals surface area (Å²) in [5.41, 5.74) is -1.37. The van der Waals surface area contributed by atoms with Crippen molar-refractivity contribution in [3.63, 3.8) is 0 Å². The second-order valence-corrected chi connectivity index (χ2v) is 4.69. The average molecular weight is 256 g/mol. The molecule has 3 rings (SSSR count). The number of halogens is 3. The molecule has 1 spiro atoms. The third-order valence-electron chi connectivity index (χ3n) is 3.69. The standard InChI is InChI=1S/C12H11F3N2O/c13-12(14,15)7-2-1-3-8-9(7)11(10(18)17-8)4-5-16-6-11/h1-3,16H,4-6H2,(H,17,18)/t11-/m0/s1. The minimum atomic E-state index is -4.44. The topological polar surface area (TPSA) is 41.1 Å². The number of benzene rings is 1. The number of fused-ring (bicyclic) bond motifs is 2. The highest BCUT2D eigenvalue weighted by Crippen LogP contribution is 2.48. The van der Waals surface area contributed by atoms with E-state index in [2.05, 4.69) is 10.6 Å². The van der Waals surface area contributed by atoms with Crippen molar-refractivity contribution < 1.29 is 18.0 Å². The monoisotopic (exact) mass is 256 g/mol. The van der Waals surface area contributed by atoms with Crippen LogP contribution in [-0.2, 0) is 16.4 Å². The Morgan fingerprint density at radius 1 is 1.28 bits per heavy atom. The number of rotatable bonds is 0. The predicted molar refractivity (Wildman–Crippen MR) is 59.2 cm³/mol. The molecule has 1 saturated heterocycles. The lowest BCUT2D eigenvalue weighted by Gasteiger charge is -2.23. The fraction of sp³-hybridized carbons (Fsp3) is 0.417. The Bertz CT molecular complexity index is 519. The molecular formula is C12H11F3N2O. The third-order valence-corrected chi connectivity index (χ3v) is 3.69. The van der Waals surface area contributed by atoms with E-state index in [9.17, 15) is 18.0 Å². The molecule has 1 aromatic rings. The molecule has 0 aromatic heterocycles. The van der Waals surface area contributed by atoms with Crippen LogP contribution < -0.4 is 10.6 Å². The molecule has 2 heterocycles. The Hall–Kier alpha value is -1.56. The van der Waals surface area contributed by atoms with Crippen LogP contribution in [0.5, 0.6) is 0 Å². The van der Waals surface area contributed by atoms with E-state index >= 15 is 0 Å². The van der Waals surface area contributed by atoms with Gasteiger partial charge in [-0.2, -0.15) is 13.2 Å². The highest BCUT2D eigenvalue weighted by Gasteiger charge is 2.53. The zero-order valence-corrected chi connectivity index (χ0v) is 9.40. The van der Waals surface area contributed by atoms with E-state index in [-0.39, 0.29) is 18.0 Å². The van der Waals surface area contributed by atoms with Gasteiger partial charge >= 0.3 is 6.18 Å². The first-order chi connectivity index (χ1) is 8.45. The number of carbonyl (C=O) groups is 1. The van der Waals surface area contributed by atoms with E-state index in [1.165, 1.54) is 12.1 Å². The van der Waals surface area contributed by atoms with E-state index < -0.39 is 17.2 Å². The molecule has 1 amide bonds. The van der Waals surface area contributed by atoms with Gasteiger partial charge in [0.2, 0.25) is 5.91 Å². The summed E-state index contributed by atoms with van der Waals surface area (Å²) < 4.78 is 39.1. The van der Waals surface area contributed by atoms with Crippen LogP contribution in [0.2, 0.25) is 0 Å². The number of hydrogen-bond donors (Lipinski definition) is 2. The molecule has 96 valence electrons. The summed E-state index contributed by atoms with van der Waals surface area (Å²) in [7, 11) is 0. The first-order valence-corrected chi connectivity index (χ1v) is 5.68.